The Labute approximate surface area is 108 Å². The molecule has 6 heteroatoms. The highest BCUT2D eigenvalue weighted by atomic mass is 32.2. The summed E-state index contributed by atoms with van der Waals surface area (Å²) in [6.45, 7) is 1.95. The molecule has 3 N–H and O–H groups in total. The molecular weight excluding hydrogens is 252 g/mol. The van der Waals surface area contributed by atoms with E-state index in [9.17, 15) is 8.42 Å². The number of ether oxygens (including phenoxy) is 1. The van der Waals surface area contributed by atoms with E-state index in [4.69, 9.17) is 10.6 Å². The Balaban J connectivity index is 2.88. The van der Waals surface area contributed by atoms with E-state index in [1.165, 1.54) is 6.26 Å². The standard InChI is InChI=1S/C12H20N2O3S/c1-9-4-5-10(8-12(9)17-2)11(14-13)6-7-18(3,15)16/h4-5,8,11,14H,6-7,13H2,1-3H3. The zero-order valence-corrected chi connectivity index (χ0v) is 11.8. The summed E-state index contributed by atoms with van der Waals surface area (Å²) in [5.41, 5.74) is 4.59. The van der Waals surface area contributed by atoms with Crippen molar-refractivity contribution in [2.45, 2.75) is 19.4 Å². The number of sulfone groups is 1. The molecule has 0 amide bonds. The van der Waals surface area contributed by atoms with Gasteiger partial charge in [0.2, 0.25) is 0 Å². The van der Waals surface area contributed by atoms with Crippen LogP contribution < -0.4 is 16.0 Å². The van der Waals surface area contributed by atoms with Crippen LogP contribution in [0.4, 0.5) is 0 Å². The number of nitrogens with one attached hydrogen (secondary N) is 1. The minimum atomic E-state index is -2.99. The highest BCUT2D eigenvalue weighted by molar-refractivity contribution is 7.90. The molecule has 1 rings (SSSR count). The number of aryl methyl sites for hydroxylation is 1. The molecule has 1 aromatic carbocycles. The summed E-state index contributed by atoms with van der Waals surface area (Å²) >= 11 is 0. The lowest BCUT2D eigenvalue weighted by atomic mass is 10.0. The molecule has 18 heavy (non-hydrogen) atoms. The third-order valence-corrected chi connectivity index (χ3v) is 3.79. The first-order chi connectivity index (χ1) is 8.37. The minimum Gasteiger partial charge on any atom is -0.496 e. The van der Waals surface area contributed by atoms with Crippen LogP contribution in [0.5, 0.6) is 5.75 Å². The van der Waals surface area contributed by atoms with Gasteiger partial charge in [0.25, 0.3) is 0 Å². The predicted octanol–water partition coefficient (Wildman–Crippen LogP) is 0.943. The van der Waals surface area contributed by atoms with Crippen LogP contribution in [0.25, 0.3) is 0 Å². The molecule has 0 aromatic heterocycles. The average Bonchev–Trinajstić information content (AvgIpc) is 2.30. The molecule has 1 atom stereocenters. The Kier molecular flexibility index (Phi) is 5.13. The second-order valence-electron chi connectivity index (χ2n) is 4.37. The van der Waals surface area contributed by atoms with Crippen LogP contribution in [0.3, 0.4) is 0 Å². The Morgan fingerprint density at radius 2 is 2.11 bits per heavy atom. The van der Waals surface area contributed by atoms with Crippen molar-refractivity contribution in [2.24, 2.45) is 5.84 Å². The van der Waals surface area contributed by atoms with Gasteiger partial charge in [0, 0.05) is 12.3 Å². The molecule has 0 radical (unpaired) electrons. The molecule has 5 nitrogen and oxygen atoms in total. The van der Waals surface area contributed by atoms with Gasteiger partial charge in [0.1, 0.15) is 15.6 Å². The summed E-state index contributed by atoms with van der Waals surface area (Å²) < 4.78 is 27.6. The van der Waals surface area contributed by atoms with Crippen LogP contribution in [-0.4, -0.2) is 27.5 Å². The third-order valence-electron chi connectivity index (χ3n) is 2.81. The summed E-state index contributed by atoms with van der Waals surface area (Å²) in [6, 6.07) is 5.53. The van der Waals surface area contributed by atoms with Gasteiger partial charge in [-0.3, -0.25) is 11.3 Å². The van der Waals surface area contributed by atoms with Crippen LogP contribution in [0.15, 0.2) is 18.2 Å². The summed E-state index contributed by atoms with van der Waals surface area (Å²) in [5.74, 6) is 6.34. The number of hydrogen-bond acceptors (Lipinski definition) is 5. The lowest BCUT2D eigenvalue weighted by molar-refractivity contribution is 0.409. The lowest BCUT2D eigenvalue weighted by Crippen LogP contribution is -2.29. The van der Waals surface area contributed by atoms with E-state index in [2.05, 4.69) is 5.43 Å². The quantitative estimate of drug-likeness (QED) is 0.595. The minimum absolute atomic E-state index is 0.0953. The second-order valence-corrected chi connectivity index (χ2v) is 6.63. The number of methoxy groups -OCH3 is 1. The van der Waals surface area contributed by atoms with Crippen LogP contribution in [-0.2, 0) is 9.84 Å². The summed E-state index contributed by atoms with van der Waals surface area (Å²) in [4.78, 5) is 0. The maximum Gasteiger partial charge on any atom is 0.147 e. The molecule has 0 aliphatic carbocycles. The fraction of sp³-hybridized carbons (Fsp3) is 0.500. The Morgan fingerprint density at radius 1 is 1.44 bits per heavy atom. The zero-order chi connectivity index (χ0) is 13.8. The lowest BCUT2D eigenvalue weighted by Gasteiger charge is -2.17. The van der Waals surface area contributed by atoms with Gasteiger partial charge in [-0.2, -0.15) is 0 Å². The topological polar surface area (TPSA) is 81.4 Å². The van der Waals surface area contributed by atoms with E-state index in [-0.39, 0.29) is 11.8 Å². The summed E-state index contributed by atoms with van der Waals surface area (Å²) in [5, 5.41) is 0. The third kappa shape index (κ3) is 4.29. The van der Waals surface area contributed by atoms with Crippen molar-refractivity contribution in [1.82, 2.24) is 5.43 Å². The van der Waals surface area contributed by atoms with Crippen molar-refractivity contribution >= 4 is 9.84 Å². The number of nitrogens with two attached hydrogens (primary N) is 1. The van der Waals surface area contributed by atoms with Crippen molar-refractivity contribution in [1.29, 1.82) is 0 Å². The van der Waals surface area contributed by atoms with Gasteiger partial charge in [-0.25, -0.2) is 8.42 Å². The van der Waals surface area contributed by atoms with Crippen LogP contribution in [0.1, 0.15) is 23.6 Å². The first kappa shape index (κ1) is 14.9. The van der Waals surface area contributed by atoms with Crippen molar-refractivity contribution < 1.29 is 13.2 Å². The summed E-state index contributed by atoms with van der Waals surface area (Å²) in [7, 11) is -1.38. The highest BCUT2D eigenvalue weighted by Gasteiger charge is 2.14. The fourth-order valence-corrected chi connectivity index (χ4v) is 2.40. The number of rotatable bonds is 6. The molecular formula is C12H20N2O3S. The zero-order valence-electron chi connectivity index (χ0n) is 10.9. The van der Waals surface area contributed by atoms with Crippen molar-refractivity contribution in [2.75, 3.05) is 19.1 Å². The monoisotopic (exact) mass is 272 g/mol. The van der Waals surface area contributed by atoms with Gasteiger partial charge in [-0.15, -0.1) is 0 Å². The molecule has 0 fully saturated rings. The SMILES string of the molecule is COc1cc(C(CCS(C)(=O)=O)NN)ccc1C. The molecule has 1 aromatic rings. The Morgan fingerprint density at radius 3 is 2.61 bits per heavy atom. The maximum absolute atomic E-state index is 11.2. The van der Waals surface area contributed by atoms with Crippen LogP contribution in [0.2, 0.25) is 0 Å². The first-order valence-electron chi connectivity index (χ1n) is 5.65. The van der Waals surface area contributed by atoms with E-state index in [0.29, 0.717) is 6.42 Å². The van der Waals surface area contributed by atoms with E-state index >= 15 is 0 Å². The number of hydrazine groups is 1. The predicted molar refractivity (Wildman–Crippen MR) is 72.1 cm³/mol. The molecule has 0 saturated carbocycles. The van der Waals surface area contributed by atoms with Crippen molar-refractivity contribution in [3.8, 4) is 5.75 Å². The van der Waals surface area contributed by atoms with Gasteiger partial charge < -0.3 is 4.74 Å². The first-order valence-corrected chi connectivity index (χ1v) is 7.72. The number of benzene rings is 1. The van der Waals surface area contributed by atoms with Gasteiger partial charge in [-0.05, 0) is 30.5 Å². The van der Waals surface area contributed by atoms with Gasteiger partial charge >= 0.3 is 0 Å². The summed E-state index contributed by atoms with van der Waals surface area (Å²) in [6.07, 6.45) is 1.65. The average molecular weight is 272 g/mol. The number of hydrogen-bond donors (Lipinski definition) is 2. The fourth-order valence-electron chi connectivity index (χ4n) is 1.73. The molecule has 0 saturated heterocycles. The van der Waals surface area contributed by atoms with Gasteiger partial charge in [0.05, 0.1) is 12.9 Å². The van der Waals surface area contributed by atoms with E-state index in [1.54, 1.807) is 7.11 Å². The van der Waals surface area contributed by atoms with E-state index in [0.717, 1.165) is 16.9 Å². The molecule has 0 heterocycles. The Bertz CT molecular complexity index is 500. The van der Waals surface area contributed by atoms with Crippen LogP contribution in [0, 0.1) is 6.92 Å². The highest BCUT2D eigenvalue weighted by Crippen LogP contribution is 2.24. The maximum atomic E-state index is 11.2. The second kappa shape index (κ2) is 6.17. The van der Waals surface area contributed by atoms with Crippen LogP contribution >= 0.6 is 0 Å². The van der Waals surface area contributed by atoms with Crippen molar-refractivity contribution in [3.05, 3.63) is 29.3 Å². The Hall–Kier alpha value is -1.11. The molecule has 0 aliphatic rings. The molecule has 0 spiro atoms. The largest absolute Gasteiger partial charge is 0.496 e. The normalized spacial score (nSPS) is 13.3. The van der Waals surface area contributed by atoms with Gasteiger partial charge in [0.15, 0.2) is 0 Å². The van der Waals surface area contributed by atoms with E-state index < -0.39 is 9.84 Å². The molecule has 102 valence electrons. The molecule has 0 bridgehead atoms. The molecule has 0 aliphatic heterocycles. The molecule has 1 unspecified atom stereocenters. The van der Waals surface area contributed by atoms with Crippen molar-refractivity contribution in [3.63, 3.8) is 0 Å². The smallest absolute Gasteiger partial charge is 0.147 e. The van der Waals surface area contributed by atoms with Gasteiger partial charge in [-0.1, -0.05) is 12.1 Å². The van der Waals surface area contributed by atoms with E-state index in [1.807, 2.05) is 25.1 Å².